The van der Waals surface area contributed by atoms with E-state index in [4.69, 9.17) is 4.74 Å². The van der Waals surface area contributed by atoms with E-state index >= 15 is 0 Å². The summed E-state index contributed by atoms with van der Waals surface area (Å²) in [6, 6.07) is 0. The van der Waals surface area contributed by atoms with Crippen LogP contribution in [0.4, 0.5) is 4.79 Å². The predicted molar refractivity (Wildman–Crippen MR) is 62.7 cm³/mol. The summed E-state index contributed by atoms with van der Waals surface area (Å²) in [5, 5.41) is 5.70. The number of alkyl carbamates (subject to hydrolysis) is 1. The van der Waals surface area contributed by atoms with Gasteiger partial charge in [0.2, 0.25) is 0 Å². The molecule has 1 aliphatic rings. The lowest BCUT2D eigenvalue weighted by Crippen LogP contribution is -2.29. The monoisotopic (exact) mass is 214 g/mol. The molecule has 1 rings (SSSR count). The van der Waals surface area contributed by atoms with Crippen molar-refractivity contribution < 1.29 is 9.53 Å². The molecule has 4 heteroatoms. The fourth-order valence-electron chi connectivity index (χ4n) is 1.07. The molecule has 1 heterocycles. The minimum atomic E-state index is -0.304. The fourth-order valence-corrected chi connectivity index (χ4v) is 1.07. The van der Waals surface area contributed by atoms with Crippen LogP contribution < -0.4 is 10.6 Å². The Morgan fingerprint density at radius 3 is 2.53 bits per heavy atom. The summed E-state index contributed by atoms with van der Waals surface area (Å²) in [6.45, 7) is 8.23. The number of carbonyl (C=O) groups excluding carboxylic acids is 1. The number of terminal acetylenes is 1. The molecule has 0 bridgehead atoms. The number of ether oxygens (including phenoxy) is 1. The zero-order chi connectivity index (χ0) is 12.1. The molecule has 1 amide bonds. The van der Waals surface area contributed by atoms with E-state index in [0.29, 0.717) is 6.54 Å². The van der Waals surface area contributed by atoms with Gasteiger partial charge in [-0.25, -0.2) is 4.79 Å². The maximum absolute atomic E-state index is 10.8. The van der Waals surface area contributed by atoms with Crippen molar-refractivity contribution in [2.45, 2.75) is 33.3 Å². The SMILES string of the molecule is C#C.CC.CCNC(=O)O[C@H]1CCNC1. The van der Waals surface area contributed by atoms with Crippen molar-refractivity contribution in [3.05, 3.63) is 0 Å². The van der Waals surface area contributed by atoms with Gasteiger partial charge >= 0.3 is 6.09 Å². The minimum Gasteiger partial charge on any atom is -0.445 e. The second kappa shape index (κ2) is 12.8. The van der Waals surface area contributed by atoms with Crippen molar-refractivity contribution in [1.29, 1.82) is 0 Å². The number of hydrogen-bond donors (Lipinski definition) is 2. The molecule has 1 atom stereocenters. The Hall–Kier alpha value is -1.21. The Morgan fingerprint density at radius 2 is 2.13 bits per heavy atom. The summed E-state index contributed by atoms with van der Waals surface area (Å²) >= 11 is 0. The van der Waals surface area contributed by atoms with Gasteiger partial charge in [-0.2, -0.15) is 0 Å². The first-order valence-electron chi connectivity index (χ1n) is 5.31. The molecule has 1 fully saturated rings. The van der Waals surface area contributed by atoms with E-state index in [-0.39, 0.29) is 12.2 Å². The topological polar surface area (TPSA) is 50.4 Å². The van der Waals surface area contributed by atoms with E-state index in [1.807, 2.05) is 20.8 Å². The highest BCUT2D eigenvalue weighted by Gasteiger charge is 2.17. The van der Waals surface area contributed by atoms with Crippen LogP contribution in [-0.2, 0) is 4.74 Å². The van der Waals surface area contributed by atoms with Gasteiger partial charge in [0, 0.05) is 13.1 Å². The van der Waals surface area contributed by atoms with Gasteiger partial charge in [-0.15, -0.1) is 12.8 Å². The third-order valence-electron chi connectivity index (χ3n) is 1.61. The van der Waals surface area contributed by atoms with Crippen LogP contribution in [0.1, 0.15) is 27.2 Å². The Morgan fingerprint density at radius 1 is 1.53 bits per heavy atom. The van der Waals surface area contributed by atoms with Crippen LogP contribution in [-0.4, -0.2) is 31.8 Å². The summed E-state index contributed by atoms with van der Waals surface area (Å²) in [4.78, 5) is 10.8. The van der Waals surface area contributed by atoms with Crippen molar-refractivity contribution in [3.63, 3.8) is 0 Å². The van der Waals surface area contributed by atoms with Crippen LogP contribution in [0.25, 0.3) is 0 Å². The molecule has 0 aromatic rings. The fraction of sp³-hybridized carbons (Fsp3) is 0.727. The largest absolute Gasteiger partial charge is 0.445 e. The number of carbonyl (C=O) groups is 1. The molecule has 88 valence electrons. The Labute approximate surface area is 92.8 Å². The van der Waals surface area contributed by atoms with Gasteiger partial charge in [0.25, 0.3) is 0 Å². The van der Waals surface area contributed by atoms with E-state index in [1.165, 1.54) is 0 Å². The van der Waals surface area contributed by atoms with Crippen molar-refractivity contribution in [1.82, 2.24) is 10.6 Å². The van der Waals surface area contributed by atoms with E-state index in [2.05, 4.69) is 23.5 Å². The van der Waals surface area contributed by atoms with E-state index in [1.54, 1.807) is 0 Å². The molecule has 0 spiro atoms. The molecule has 0 aromatic heterocycles. The zero-order valence-electron chi connectivity index (χ0n) is 9.88. The Bertz CT molecular complexity index is 163. The van der Waals surface area contributed by atoms with Crippen molar-refractivity contribution >= 4 is 6.09 Å². The first-order chi connectivity index (χ1) is 7.33. The van der Waals surface area contributed by atoms with E-state index < -0.39 is 0 Å². The van der Waals surface area contributed by atoms with Gasteiger partial charge < -0.3 is 15.4 Å². The summed E-state index contributed by atoms with van der Waals surface area (Å²) < 4.78 is 5.04. The molecule has 0 radical (unpaired) electrons. The van der Waals surface area contributed by atoms with Gasteiger partial charge in [-0.1, -0.05) is 13.8 Å². The molecule has 1 aliphatic heterocycles. The molecule has 0 aromatic carbocycles. The van der Waals surface area contributed by atoms with Crippen LogP contribution in [0.15, 0.2) is 0 Å². The van der Waals surface area contributed by atoms with Gasteiger partial charge in [0.15, 0.2) is 0 Å². The van der Waals surface area contributed by atoms with Gasteiger partial charge in [-0.05, 0) is 19.9 Å². The predicted octanol–water partition coefficient (Wildman–Crippen LogP) is 1.37. The lowest BCUT2D eigenvalue weighted by atomic mass is 10.3. The first kappa shape index (κ1) is 16.2. The third kappa shape index (κ3) is 9.10. The highest BCUT2D eigenvalue weighted by molar-refractivity contribution is 5.67. The van der Waals surface area contributed by atoms with Crippen molar-refractivity contribution in [2.75, 3.05) is 19.6 Å². The normalized spacial score (nSPS) is 17.5. The molecule has 2 N–H and O–H groups in total. The maximum atomic E-state index is 10.8. The Kier molecular flexibility index (Phi) is 13.8. The molecule has 0 aliphatic carbocycles. The summed E-state index contributed by atoms with van der Waals surface area (Å²) in [7, 11) is 0. The highest BCUT2D eigenvalue weighted by Crippen LogP contribution is 2.02. The smallest absolute Gasteiger partial charge is 0.407 e. The second-order valence-electron chi connectivity index (χ2n) is 2.55. The summed E-state index contributed by atoms with van der Waals surface area (Å²) in [5.41, 5.74) is 0. The quantitative estimate of drug-likeness (QED) is 0.683. The molecular weight excluding hydrogens is 192 g/mol. The molecule has 4 nitrogen and oxygen atoms in total. The molecule has 1 saturated heterocycles. The van der Waals surface area contributed by atoms with Crippen molar-refractivity contribution in [2.24, 2.45) is 0 Å². The lowest BCUT2D eigenvalue weighted by Gasteiger charge is -2.10. The molecule has 0 unspecified atom stereocenters. The van der Waals surface area contributed by atoms with E-state index in [0.717, 1.165) is 19.5 Å². The Balaban J connectivity index is 0. The van der Waals surface area contributed by atoms with Crippen LogP contribution >= 0.6 is 0 Å². The molecule has 15 heavy (non-hydrogen) atoms. The number of amides is 1. The second-order valence-corrected chi connectivity index (χ2v) is 2.55. The van der Waals surface area contributed by atoms with Gasteiger partial charge in [0.05, 0.1) is 0 Å². The summed E-state index contributed by atoms with van der Waals surface area (Å²) in [6.07, 6.45) is 8.69. The molecule has 0 saturated carbocycles. The standard InChI is InChI=1S/C7H14N2O2.C2H6.C2H2/c1-2-9-7(10)11-6-3-4-8-5-6;2*1-2/h6,8H,2-5H2,1H3,(H,9,10);1-2H3;1-2H/t6-;;/m0../s1. The van der Waals surface area contributed by atoms with Crippen LogP contribution in [0.5, 0.6) is 0 Å². The zero-order valence-corrected chi connectivity index (χ0v) is 9.88. The van der Waals surface area contributed by atoms with Crippen LogP contribution in [0.3, 0.4) is 0 Å². The average molecular weight is 214 g/mol. The first-order valence-corrected chi connectivity index (χ1v) is 5.31. The average Bonchev–Trinajstić information content (AvgIpc) is 2.77. The maximum Gasteiger partial charge on any atom is 0.407 e. The lowest BCUT2D eigenvalue weighted by molar-refractivity contribution is 0.108. The van der Waals surface area contributed by atoms with Gasteiger partial charge in [0.1, 0.15) is 6.10 Å². The number of hydrogen-bond acceptors (Lipinski definition) is 3. The number of rotatable bonds is 2. The molecular formula is C11H22N2O2. The van der Waals surface area contributed by atoms with Crippen molar-refractivity contribution in [3.8, 4) is 12.8 Å². The third-order valence-corrected chi connectivity index (χ3v) is 1.61. The summed E-state index contributed by atoms with van der Waals surface area (Å²) in [5.74, 6) is 0. The minimum absolute atomic E-state index is 0.0709. The van der Waals surface area contributed by atoms with E-state index in [9.17, 15) is 4.79 Å². The van der Waals surface area contributed by atoms with Crippen LogP contribution in [0.2, 0.25) is 0 Å². The highest BCUT2D eigenvalue weighted by atomic mass is 16.6. The number of nitrogens with one attached hydrogen (secondary N) is 2. The van der Waals surface area contributed by atoms with Gasteiger partial charge in [-0.3, -0.25) is 0 Å². The van der Waals surface area contributed by atoms with Crippen LogP contribution in [0, 0.1) is 12.8 Å².